The molecule has 1 fully saturated rings. The Morgan fingerprint density at radius 3 is 2.74 bits per heavy atom. The molecule has 124 valence electrons. The topological polar surface area (TPSA) is 95.1 Å². The Hall–Kier alpha value is -1.84. The molecule has 2 aromatic heterocycles. The molecule has 0 aromatic carbocycles. The van der Waals surface area contributed by atoms with E-state index in [-0.39, 0.29) is 6.04 Å². The minimum absolute atomic E-state index is 0.283. The number of aryl methyl sites for hydroxylation is 1. The molecule has 1 atom stereocenters. The van der Waals surface area contributed by atoms with Crippen molar-refractivity contribution in [1.82, 2.24) is 28.8 Å². The van der Waals surface area contributed by atoms with Crippen LogP contribution in [-0.2, 0) is 10.2 Å². The van der Waals surface area contributed by atoms with Gasteiger partial charge in [-0.15, -0.1) is 0 Å². The van der Waals surface area contributed by atoms with Gasteiger partial charge in [0.2, 0.25) is 0 Å². The minimum atomic E-state index is -3.47. The molecular formula is C14H20N6O2S. The Labute approximate surface area is 135 Å². The van der Waals surface area contributed by atoms with Crippen molar-refractivity contribution < 1.29 is 8.42 Å². The minimum Gasteiger partial charge on any atom is -0.282 e. The van der Waals surface area contributed by atoms with Crippen LogP contribution in [0.25, 0.3) is 11.4 Å². The van der Waals surface area contributed by atoms with Crippen LogP contribution < -0.4 is 0 Å². The summed E-state index contributed by atoms with van der Waals surface area (Å²) in [5.41, 5.74) is 2.94. The van der Waals surface area contributed by atoms with E-state index in [0.29, 0.717) is 23.6 Å². The number of aromatic nitrogens is 4. The van der Waals surface area contributed by atoms with Gasteiger partial charge in [0.1, 0.15) is 11.4 Å². The van der Waals surface area contributed by atoms with Crippen molar-refractivity contribution in [3.05, 3.63) is 29.8 Å². The van der Waals surface area contributed by atoms with E-state index in [4.69, 9.17) is 0 Å². The summed E-state index contributed by atoms with van der Waals surface area (Å²) in [5, 5.41) is 7.06. The highest BCUT2D eigenvalue weighted by Crippen LogP contribution is 2.34. The van der Waals surface area contributed by atoms with E-state index < -0.39 is 10.2 Å². The Morgan fingerprint density at radius 2 is 2.09 bits per heavy atom. The molecule has 0 amide bonds. The maximum absolute atomic E-state index is 12.5. The summed E-state index contributed by atoms with van der Waals surface area (Å²) in [6, 6.07) is 1.60. The first-order valence-corrected chi connectivity index (χ1v) is 8.83. The van der Waals surface area contributed by atoms with Gasteiger partial charge in [-0.25, -0.2) is 4.98 Å². The van der Waals surface area contributed by atoms with E-state index in [0.717, 1.165) is 18.5 Å². The van der Waals surface area contributed by atoms with Crippen molar-refractivity contribution in [2.24, 2.45) is 0 Å². The highest BCUT2D eigenvalue weighted by Gasteiger charge is 2.37. The van der Waals surface area contributed by atoms with Crippen LogP contribution in [0.5, 0.6) is 0 Å². The lowest BCUT2D eigenvalue weighted by molar-refractivity contribution is 0.357. The summed E-state index contributed by atoms with van der Waals surface area (Å²) >= 11 is 0. The molecule has 1 aliphatic rings. The lowest BCUT2D eigenvalue weighted by atomic mass is 10.1. The maximum Gasteiger partial charge on any atom is 0.282 e. The van der Waals surface area contributed by atoms with Crippen molar-refractivity contribution in [3.63, 3.8) is 0 Å². The number of nitrogens with zero attached hydrogens (tertiary/aromatic N) is 5. The van der Waals surface area contributed by atoms with Crippen LogP contribution in [0.2, 0.25) is 0 Å². The standard InChI is InChI=1S/C14H20N6O2S/c1-10-7-11(18-17-10)12-8-15-9-13(16-12)14-5-4-6-20(14)23(21,22)19(2)3/h7-9,14H,4-6H2,1-3H3,(H,17,18)/t14-/m0/s1. The predicted molar refractivity (Wildman–Crippen MR) is 85.6 cm³/mol. The molecule has 8 nitrogen and oxygen atoms in total. The Bertz CT molecular complexity index is 801. The van der Waals surface area contributed by atoms with Crippen molar-refractivity contribution in [3.8, 4) is 11.4 Å². The van der Waals surface area contributed by atoms with Gasteiger partial charge in [-0.3, -0.25) is 10.1 Å². The predicted octanol–water partition coefficient (Wildman–Crippen LogP) is 1.12. The van der Waals surface area contributed by atoms with Gasteiger partial charge < -0.3 is 0 Å². The van der Waals surface area contributed by atoms with Crippen LogP contribution in [0.15, 0.2) is 18.5 Å². The third-order valence-corrected chi connectivity index (χ3v) is 5.88. The Kier molecular flexibility index (Phi) is 4.17. The molecule has 3 rings (SSSR count). The number of rotatable bonds is 4. The summed E-state index contributed by atoms with van der Waals surface area (Å²) in [6.07, 6.45) is 4.83. The van der Waals surface area contributed by atoms with Crippen LogP contribution in [0.3, 0.4) is 0 Å². The van der Waals surface area contributed by atoms with Gasteiger partial charge >= 0.3 is 0 Å². The van der Waals surface area contributed by atoms with Crippen molar-refractivity contribution in [2.75, 3.05) is 20.6 Å². The van der Waals surface area contributed by atoms with Crippen molar-refractivity contribution >= 4 is 10.2 Å². The highest BCUT2D eigenvalue weighted by molar-refractivity contribution is 7.86. The zero-order valence-corrected chi connectivity index (χ0v) is 14.2. The fourth-order valence-electron chi connectivity index (χ4n) is 2.74. The summed E-state index contributed by atoms with van der Waals surface area (Å²) < 4.78 is 27.7. The van der Waals surface area contributed by atoms with Crippen LogP contribution in [-0.4, -0.2) is 57.8 Å². The van der Waals surface area contributed by atoms with Gasteiger partial charge in [0.05, 0.1) is 24.1 Å². The van der Waals surface area contributed by atoms with E-state index in [1.807, 2.05) is 13.0 Å². The molecule has 1 saturated heterocycles. The first-order chi connectivity index (χ1) is 10.9. The third-order valence-electron chi connectivity index (χ3n) is 3.92. The Balaban J connectivity index is 1.95. The summed E-state index contributed by atoms with van der Waals surface area (Å²) in [4.78, 5) is 8.82. The van der Waals surface area contributed by atoms with Crippen LogP contribution >= 0.6 is 0 Å². The van der Waals surface area contributed by atoms with Gasteiger partial charge in [-0.1, -0.05) is 0 Å². The maximum atomic E-state index is 12.5. The first-order valence-electron chi connectivity index (χ1n) is 7.43. The van der Waals surface area contributed by atoms with Crippen molar-refractivity contribution in [2.45, 2.75) is 25.8 Å². The zero-order chi connectivity index (χ0) is 16.6. The molecular weight excluding hydrogens is 316 g/mol. The van der Waals surface area contributed by atoms with Gasteiger partial charge in [-0.05, 0) is 25.8 Å². The van der Waals surface area contributed by atoms with E-state index in [1.165, 1.54) is 8.61 Å². The number of aromatic amines is 1. The zero-order valence-electron chi connectivity index (χ0n) is 13.4. The molecule has 1 aliphatic heterocycles. The Morgan fingerprint density at radius 1 is 1.30 bits per heavy atom. The summed E-state index contributed by atoms with van der Waals surface area (Å²) in [7, 11) is -0.388. The SMILES string of the molecule is Cc1cc(-c2cncc([C@@H]3CCCN3S(=O)(=O)N(C)C)n2)n[nH]1. The second-order valence-corrected chi connectivity index (χ2v) is 7.92. The quantitative estimate of drug-likeness (QED) is 0.903. The first kappa shape index (κ1) is 16.0. The lowest BCUT2D eigenvalue weighted by Gasteiger charge is -2.26. The third kappa shape index (κ3) is 2.99. The molecule has 23 heavy (non-hydrogen) atoms. The molecule has 2 aromatic rings. The van der Waals surface area contributed by atoms with E-state index in [2.05, 4.69) is 20.2 Å². The molecule has 0 radical (unpaired) electrons. The summed E-state index contributed by atoms with van der Waals surface area (Å²) in [5.74, 6) is 0. The molecule has 0 unspecified atom stereocenters. The summed E-state index contributed by atoms with van der Waals surface area (Å²) in [6.45, 7) is 2.41. The van der Waals surface area contributed by atoms with Gasteiger partial charge in [0.25, 0.3) is 10.2 Å². The fraction of sp³-hybridized carbons (Fsp3) is 0.500. The van der Waals surface area contributed by atoms with Gasteiger partial charge in [0, 0.05) is 26.3 Å². The monoisotopic (exact) mass is 336 g/mol. The number of hydrogen-bond acceptors (Lipinski definition) is 5. The second kappa shape index (κ2) is 5.99. The van der Waals surface area contributed by atoms with E-state index in [1.54, 1.807) is 26.5 Å². The second-order valence-electron chi connectivity index (χ2n) is 5.82. The van der Waals surface area contributed by atoms with E-state index in [9.17, 15) is 8.42 Å². The molecule has 0 spiro atoms. The molecule has 9 heteroatoms. The average molecular weight is 336 g/mol. The van der Waals surface area contributed by atoms with Crippen molar-refractivity contribution in [1.29, 1.82) is 0 Å². The molecule has 0 bridgehead atoms. The van der Waals surface area contributed by atoms with Crippen LogP contribution in [0, 0.1) is 6.92 Å². The molecule has 0 aliphatic carbocycles. The fourth-order valence-corrected chi connectivity index (χ4v) is 4.05. The van der Waals surface area contributed by atoms with Crippen LogP contribution in [0.1, 0.15) is 30.3 Å². The van der Waals surface area contributed by atoms with Gasteiger partial charge in [-0.2, -0.15) is 22.1 Å². The normalized spacial score (nSPS) is 19.6. The highest BCUT2D eigenvalue weighted by atomic mass is 32.2. The van der Waals surface area contributed by atoms with Crippen LogP contribution in [0.4, 0.5) is 0 Å². The molecule has 3 heterocycles. The largest absolute Gasteiger partial charge is 0.282 e. The number of H-pyrrole nitrogens is 1. The number of hydrogen-bond donors (Lipinski definition) is 1. The molecule has 0 saturated carbocycles. The van der Waals surface area contributed by atoms with E-state index >= 15 is 0 Å². The average Bonchev–Trinajstić information content (AvgIpc) is 3.16. The smallest absolute Gasteiger partial charge is 0.282 e. The number of nitrogens with one attached hydrogen (secondary N) is 1. The lowest BCUT2D eigenvalue weighted by Crippen LogP contribution is -2.39. The molecule has 1 N–H and O–H groups in total. The van der Waals surface area contributed by atoms with Gasteiger partial charge in [0.15, 0.2) is 0 Å².